The van der Waals surface area contributed by atoms with Crippen LogP contribution >= 0.6 is 0 Å². The molecule has 1 saturated heterocycles. The SMILES string of the molecule is CNc1cc(C)ncc1C(=O)NCCN1CCCCC1. The van der Waals surface area contributed by atoms with Crippen LogP contribution in [-0.4, -0.2) is 49.0 Å². The van der Waals surface area contributed by atoms with Crippen LogP contribution in [-0.2, 0) is 0 Å². The van der Waals surface area contributed by atoms with Crippen LogP contribution < -0.4 is 10.6 Å². The lowest BCUT2D eigenvalue weighted by molar-refractivity contribution is 0.0947. The second-order valence-corrected chi connectivity index (χ2v) is 5.28. The number of amides is 1. The number of nitrogens with zero attached hydrogens (tertiary/aromatic N) is 2. The van der Waals surface area contributed by atoms with Gasteiger partial charge >= 0.3 is 0 Å². The smallest absolute Gasteiger partial charge is 0.254 e. The van der Waals surface area contributed by atoms with E-state index in [0.29, 0.717) is 12.1 Å². The lowest BCUT2D eigenvalue weighted by Crippen LogP contribution is -2.37. The Labute approximate surface area is 120 Å². The van der Waals surface area contributed by atoms with Gasteiger partial charge in [-0.15, -0.1) is 0 Å². The summed E-state index contributed by atoms with van der Waals surface area (Å²) in [5.41, 5.74) is 2.34. The Hall–Kier alpha value is -1.62. The van der Waals surface area contributed by atoms with E-state index < -0.39 is 0 Å². The minimum atomic E-state index is -0.0566. The van der Waals surface area contributed by atoms with Gasteiger partial charge in [0.2, 0.25) is 0 Å². The number of pyridine rings is 1. The first-order valence-electron chi connectivity index (χ1n) is 7.35. The summed E-state index contributed by atoms with van der Waals surface area (Å²) in [7, 11) is 1.82. The van der Waals surface area contributed by atoms with Gasteiger partial charge in [0.15, 0.2) is 0 Å². The van der Waals surface area contributed by atoms with Crippen molar-refractivity contribution < 1.29 is 4.79 Å². The van der Waals surface area contributed by atoms with Gasteiger partial charge in [0.25, 0.3) is 5.91 Å². The molecule has 0 unspecified atom stereocenters. The lowest BCUT2D eigenvalue weighted by Gasteiger charge is -2.26. The summed E-state index contributed by atoms with van der Waals surface area (Å²) in [5.74, 6) is -0.0566. The molecule has 2 N–H and O–H groups in total. The lowest BCUT2D eigenvalue weighted by atomic mass is 10.1. The summed E-state index contributed by atoms with van der Waals surface area (Å²) in [5, 5.41) is 6.03. The van der Waals surface area contributed by atoms with E-state index in [1.807, 2.05) is 20.0 Å². The highest BCUT2D eigenvalue weighted by atomic mass is 16.1. The minimum Gasteiger partial charge on any atom is -0.387 e. The Morgan fingerprint density at radius 1 is 1.35 bits per heavy atom. The Balaban J connectivity index is 1.85. The summed E-state index contributed by atoms with van der Waals surface area (Å²) >= 11 is 0. The van der Waals surface area contributed by atoms with E-state index in [1.165, 1.54) is 19.3 Å². The number of anilines is 1. The van der Waals surface area contributed by atoms with Crippen LogP contribution in [0.1, 0.15) is 35.3 Å². The van der Waals surface area contributed by atoms with Crippen LogP contribution in [0, 0.1) is 6.92 Å². The van der Waals surface area contributed by atoms with Crippen LogP contribution in [0.25, 0.3) is 0 Å². The molecule has 0 aliphatic carbocycles. The monoisotopic (exact) mass is 276 g/mol. The van der Waals surface area contributed by atoms with Crippen LogP contribution in [0.5, 0.6) is 0 Å². The standard InChI is InChI=1S/C15H24N4O/c1-12-10-14(16-2)13(11-18-12)15(20)17-6-9-19-7-4-3-5-8-19/h10-11H,3-9H2,1-2H3,(H,16,18)(H,17,20). The van der Waals surface area contributed by atoms with Gasteiger partial charge in [0.05, 0.1) is 11.3 Å². The third-order valence-electron chi connectivity index (χ3n) is 3.72. The van der Waals surface area contributed by atoms with E-state index in [1.54, 1.807) is 6.20 Å². The van der Waals surface area contributed by atoms with Crippen molar-refractivity contribution in [2.45, 2.75) is 26.2 Å². The maximum absolute atomic E-state index is 12.2. The van der Waals surface area contributed by atoms with E-state index in [9.17, 15) is 4.79 Å². The number of likely N-dealkylation sites (tertiary alicyclic amines) is 1. The number of aromatic nitrogens is 1. The predicted octanol–water partition coefficient (Wildman–Crippen LogP) is 1.65. The normalized spacial score (nSPS) is 15.9. The van der Waals surface area contributed by atoms with Gasteiger partial charge in [-0.25, -0.2) is 0 Å². The molecule has 1 aromatic heterocycles. The summed E-state index contributed by atoms with van der Waals surface area (Å²) in [6.45, 7) is 5.85. The molecule has 1 aromatic rings. The van der Waals surface area contributed by atoms with Crippen LogP contribution in [0.2, 0.25) is 0 Å². The van der Waals surface area contributed by atoms with Crippen molar-refractivity contribution in [3.8, 4) is 0 Å². The molecule has 0 atom stereocenters. The van der Waals surface area contributed by atoms with E-state index in [2.05, 4.69) is 20.5 Å². The van der Waals surface area contributed by atoms with Crippen molar-refractivity contribution in [2.75, 3.05) is 38.5 Å². The first-order valence-corrected chi connectivity index (χ1v) is 7.35. The molecular formula is C15H24N4O. The summed E-state index contributed by atoms with van der Waals surface area (Å²) in [6, 6.07) is 1.89. The maximum Gasteiger partial charge on any atom is 0.254 e. The van der Waals surface area contributed by atoms with Crippen molar-refractivity contribution >= 4 is 11.6 Å². The average Bonchev–Trinajstić information content (AvgIpc) is 2.48. The molecule has 1 aliphatic rings. The molecule has 2 rings (SSSR count). The molecule has 20 heavy (non-hydrogen) atoms. The summed E-state index contributed by atoms with van der Waals surface area (Å²) in [6.07, 6.45) is 5.53. The zero-order chi connectivity index (χ0) is 14.4. The molecular weight excluding hydrogens is 252 g/mol. The Morgan fingerprint density at radius 2 is 2.10 bits per heavy atom. The number of piperidine rings is 1. The summed E-state index contributed by atoms with van der Waals surface area (Å²) in [4.78, 5) is 18.8. The number of carbonyl (C=O) groups is 1. The number of aryl methyl sites for hydroxylation is 1. The Morgan fingerprint density at radius 3 is 2.80 bits per heavy atom. The largest absolute Gasteiger partial charge is 0.387 e. The van der Waals surface area contributed by atoms with Gasteiger partial charge < -0.3 is 15.5 Å². The molecule has 1 aliphatic heterocycles. The maximum atomic E-state index is 12.2. The highest BCUT2D eigenvalue weighted by molar-refractivity contribution is 5.99. The quantitative estimate of drug-likeness (QED) is 0.858. The average molecular weight is 276 g/mol. The Kier molecular flexibility index (Phi) is 5.35. The molecule has 0 aromatic carbocycles. The molecule has 2 heterocycles. The zero-order valence-electron chi connectivity index (χ0n) is 12.4. The van der Waals surface area contributed by atoms with Crippen LogP contribution in [0.4, 0.5) is 5.69 Å². The van der Waals surface area contributed by atoms with E-state index in [-0.39, 0.29) is 5.91 Å². The molecule has 0 spiro atoms. The highest BCUT2D eigenvalue weighted by Gasteiger charge is 2.13. The second-order valence-electron chi connectivity index (χ2n) is 5.28. The zero-order valence-corrected chi connectivity index (χ0v) is 12.4. The fraction of sp³-hybridized carbons (Fsp3) is 0.600. The first-order chi connectivity index (χ1) is 9.70. The molecule has 110 valence electrons. The third kappa shape index (κ3) is 3.93. The third-order valence-corrected chi connectivity index (χ3v) is 3.72. The van der Waals surface area contributed by atoms with Crippen LogP contribution in [0.3, 0.4) is 0 Å². The van der Waals surface area contributed by atoms with E-state index >= 15 is 0 Å². The van der Waals surface area contributed by atoms with Crippen LogP contribution in [0.15, 0.2) is 12.3 Å². The number of hydrogen-bond acceptors (Lipinski definition) is 4. The van der Waals surface area contributed by atoms with Gasteiger partial charge in [0.1, 0.15) is 0 Å². The van der Waals surface area contributed by atoms with Crippen molar-refractivity contribution in [1.29, 1.82) is 0 Å². The fourth-order valence-corrected chi connectivity index (χ4v) is 2.55. The predicted molar refractivity (Wildman–Crippen MR) is 81.1 cm³/mol. The summed E-state index contributed by atoms with van der Waals surface area (Å²) < 4.78 is 0. The molecule has 0 radical (unpaired) electrons. The van der Waals surface area contributed by atoms with Gasteiger partial charge in [-0.05, 0) is 38.9 Å². The Bertz CT molecular complexity index is 455. The molecule has 1 amide bonds. The number of rotatable bonds is 5. The fourth-order valence-electron chi connectivity index (χ4n) is 2.55. The van der Waals surface area contributed by atoms with Crippen molar-refractivity contribution in [3.05, 3.63) is 23.5 Å². The molecule has 0 bridgehead atoms. The van der Waals surface area contributed by atoms with E-state index in [0.717, 1.165) is 31.0 Å². The van der Waals surface area contributed by atoms with Gasteiger partial charge in [-0.3, -0.25) is 9.78 Å². The van der Waals surface area contributed by atoms with E-state index in [4.69, 9.17) is 0 Å². The van der Waals surface area contributed by atoms with Gasteiger partial charge in [-0.2, -0.15) is 0 Å². The number of carbonyl (C=O) groups excluding carboxylic acids is 1. The number of nitrogens with one attached hydrogen (secondary N) is 2. The first kappa shape index (κ1) is 14.8. The minimum absolute atomic E-state index is 0.0566. The van der Waals surface area contributed by atoms with Crippen molar-refractivity contribution in [3.63, 3.8) is 0 Å². The topological polar surface area (TPSA) is 57.3 Å². The van der Waals surface area contributed by atoms with Crippen molar-refractivity contribution in [1.82, 2.24) is 15.2 Å². The van der Waals surface area contributed by atoms with Gasteiger partial charge in [0, 0.05) is 32.0 Å². The second kappa shape index (κ2) is 7.24. The number of hydrogen-bond donors (Lipinski definition) is 2. The highest BCUT2D eigenvalue weighted by Crippen LogP contribution is 2.14. The molecule has 1 fully saturated rings. The molecule has 5 nitrogen and oxygen atoms in total. The molecule has 5 heteroatoms. The van der Waals surface area contributed by atoms with Crippen molar-refractivity contribution in [2.24, 2.45) is 0 Å². The van der Waals surface area contributed by atoms with Gasteiger partial charge in [-0.1, -0.05) is 6.42 Å². The molecule has 0 saturated carbocycles.